The van der Waals surface area contributed by atoms with E-state index in [4.69, 9.17) is 0 Å². The molecule has 5 heteroatoms. The molecule has 0 fully saturated rings. The summed E-state index contributed by atoms with van der Waals surface area (Å²) < 4.78 is 0. The standard InChI is InChI=1S/C10H12N4S/c1-8(10-11-13-14-12-10)15-7-9-5-3-2-4-6-9/h2-6,8H,7H2,1H3,(H,11,12,13,14). The first kappa shape index (κ1) is 10.2. The van der Waals surface area contributed by atoms with Crippen LogP contribution in [-0.4, -0.2) is 20.6 Å². The first-order valence-corrected chi connectivity index (χ1v) is 5.80. The van der Waals surface area contributed by atoms with E-state index >= 15 is 0 Å². The second-order valence-corrected chi connectivity index (χ2v) is 4.54. The lowest BCUT2D eigenvalue weighted by atomic mass is 10.2. The fourth-order valence-corrected chi connectivity index (χ4v) is 2.10. The number of aromatic amines is 1. The van der Waals surface area contributed by atoms with Crippen LogP contribution in [0.4, 0.5) is 0 Å². The number of hydrogen-bond donors (Lipinski definition) is 1. The van der Waals surface area contributed by atoms with Crippen molar-refractivity contribution >= 4 is 11.8 Å². The fraction of sp³-hybridized carbons (Fsp3) is 0.300. The monoisotopic (exact) mass is 220 g/mol. The van der Waals surface area contributed by atoms with E-state index in [1.54, 1.807) is 11.8 Å². The third kappa shape index (κ3) is 2.79. The van der Waals surface area contributed by atoms with E-state index in [1.807, 2.05) is 6.07 Å². The van der Waals surface area contributed by atoms with Crippen LogP contribution in [0.25, 0.3) is 0 Å². The molecule has 0 amide bonds. The number of H-pyrrole nitrogens is 1. The second kappa shape index (κ2) is 4.93. The maximum atomic E-state index is 3.96. The molecule has 1 aromatic carbocycles. The second-order valence-electron chi connectivity index (χ2n) is 3.21. The third-order valence-corrected chi connectivity index (χ3v) is 3.28. The number of rotatable bonds is 4. The van der Waals surface area contributed by atoms with Crippen LogP contribution < -0.4 is 0 Å². The highest BCUT2D eigenvalue weighted by molar-refractivity contribution is 7.98. The summed E-state index contributed by atoms with van der Waals surface area (Å²) in [5.41, 5.74) is 1.32. The number of tetrazole rings is 1. The Labute approximate surface area is 92.5 Å². The minimum Gasteiger partial charge on any atom is -0.177 e. The Hall–Kier alpha value is -1.36. The molecule has 0 aliphatic carbocycles. The van der Waals surface area contributed by atoms with Gasteiger partial charge < -0.3 is 0 Å². The van der Waals surface area contributed by atoms with Crippen molar-refractivity contribution in [1.82, 2.24) is 20.6 Å². The molecule has 0 spiro atoms. The average molecular weight is 220 g/mol. The van der Waals surface area contributed by atoms with Gasteiger partial charge in [0.1, 0.15) is 0 Å². The summed E-state index contributed by atoms with van der Waals surface area (Å²) in [6.07, 6.45) is 0. The molecule has 0 saturated carbocycles. The maximum Gasteiger partial charge on any atom is 0.187 e. The minimum atomic E-state index is 0.268. The van der Waals surface area contributed by atoms with Gasteiger partial charge in [-0.05, 0) is 12.5 Å². The van der Waals surface area contributed by atoms with E-state index < -0.39 is 0 Å². The Morgan fingerprint density at radius 2 is 2.13 bits per heavy atom. The van der Waals surface area contributed by atoms with E-state index in [-0.39, 0.29) is 5.25 Å². The molecule has 1 N–H and O–H groups in total. The Morgan fingerprint density at radius 3 is 2.80 bits per heavy atom. The number of nitrogens with zero attached hydrogens (tertiary/aromatic N) is 3. The van der Waals surface area contributed by atoms with Gasteiger partial charge in [0.2, 0.25) is 0 Å². The molecule has 1 unspecified atom stereocenters. The number of benzene rings is 1. The molecule has 4 nitrogen and oxygen atoms in total. The van der Waals surface area contributed by atoms with Gasteiger partial charge >= 0.3 is 0 Å². The van der Waals surface area contributed by atoms with Crippen LogP contribution in [0.2, 0.25) is 0 Å². The highest BCUT2D eigenvalue weighted by atomic mass is 32.2. The zero-order valence-corrected chi connectivity index (χ0v) is 9.24. The average Bonchev–Trinajstić information content (AvgIpc) is 2.81. The maximum absolute atomic E-state index is 3.96. The highest BCUT2D eigenvalue weighted by Gasteiger charge is 2.10. The van der Waals surface area contributed by atoms with E-state index in [1.165, 1.54) is 5.56 Å². The Bertz CT molecular complexity index is 387. The van der Waals surface area contributed by atoms with Crippen molar-refractivity contribution in [2.45, 2.75) is 17.9 Å². The van der Waals surface area contributed by atoms with E-state index in [9.17, 15) is 0 Å². The van der Waals surface area contributed by atoms with Gasteiger partial charge in [0.25, 0.3) is 0 Å². The van der Waals surface area contributed by atoms with Gasteiger partial charge in [0.05, 0.1) is 5.25 Å². The summed E-state index contributed by atoms with van der Waals surface area (Å²) in [5.74, 6) is 1.73. The molecule has 1 aromatic heterocycles. The SMILES string of the molecule is CC(SCc1ccccc1)c1nn[nH]n1. The normalized spacial score (nSPS) is 12.6. The van der Waals surface area contributed by atoms with Crippen molar-refractivity contribution in [3.05, 3.63) is 41.7 Å². The molecule has 2 rings (SSSR count). The molecule has 0 radical (unpaired) electrons. The lowest BCUT2D eigenvalue weighted by Gasteiger charge is -2.05. The van der Waals surface area contributed by atoms with Crippen molar-refractivity contribution in [1.29, 1.82) is 0 Å². The zero-order chi connectivity index (χ0) is 10.5. The fourth-order valence-electron chi connectivity index (χ4n) is 1.21. The van der Waals surface area contributed by atoms with Crippen LogP contribution >= 0.6 is 11.8 Å². The number of thioether (sulfide) groups is 1. The molecule has 0 aliphatic heterocycles. The van der Waals surface area contributed by atoms with Gasteiger partial charge in [-0.1, -0.05) is 35.5 Å². The van der Waals surface area contributed by atoms with E-state index in [0.29, 0.717) is 0 Å². The molecule has 78 valence electrons. The molecule has 0 aliphatic rings. The van der Waals surface area contributed by atoms with E-state index in [0.717, 1.165) is 11.6 Å². The quantitative estimate of drug-likeness (QED) is 0.858. The van der Waals surface area contributed by atoms with Gasteiger partial charge in [-0.3, -0.25) is 0 Å². The predicted molar refractivity (Wildman–Crippen MR) is 60.3 cm³/mol. The van der Waals surface area contributed by atoms with E-state index in [2.05, 4.69) is 51.8 Å². The minimum absolute atomic E-state index is 0.268. The van der Waals surface area contributed by atoms with Gasteiger partial charge in [0, 0.05) is 5.75 Å². The van der Waals surface area contributed by atoms with Crippen LogP contribution in [0.3, 0.4) is 0 Å². The number of aromatic nitrogens is 4. The number of hydrogen-bond acceptors (Lipinski definition) is 4. The first-order chi connectivity index (χ1) is 7.36. The molecular weight excluding hydrogens is 208 g/mol. The van der Waals surface area contributed by atoms with Crippen molar-refractivity contribution in [3.63, 3.8) is 0 Å². The molecule has 1 heterocycles. The van der Waals surface area contributed by atoms with Crippen molar-refractivity contribution in [3.8, 4) is 0 Å². The topological polar surface area (TPSA) is 54.5 Å². The molecular formula is C10H12N4S. The highest BCUT2D eigenvalue weighted by Crippen LogP contribution is 2.27. The van der Waals surface area contributed by atoms with Crippen molar-refractivity contribution < 1.29 is 0 Å². The first-order valence-electron chi connectivity index (χ1n) is 4.75. The summed E-state index contributed by atoms with van der Waals surface area (Å²) in [7, 11) is 0. The molecule has 15 heavy (non-hydrogen) atoms. The molecule has 0 saturated heterocycles. The summed E-state index contributed by atoms with van der Waals surface area (Å²) in [5, 5.41) is 14.2. The van der Waals surface area contributed by atoms with Gasteiger partial charge in [0.15, 0.2) is 5.82 Å². The number of nitrogens with one attached hydrogen (secondary N) is 1. The summed E-state index contributed by atoms with van der Waals surface area (Å²) in [4.78, 5) is 0. The smallest absolute Gasteiger partial charge is 0.177 e. The largest absolute Gasteiger partial charge is 0.187 e. The van der Waals surface area contributed by atoms with Gasteiger partial charge in [-0.25, -0.2) is 0 Å². The predicted octanol–water partition coefficient (Wildman–Crippen LogP) is 2.19. The van der Waals surface area contributed by atoms with Crippen molar-refractivity contribution in [2.24, 2.45) is 0 Å². The van der Waals surface area contributed by atoms with Crippen LogP contribution in [0.5, 0.6) is 0 Å². The molecule has 1 atom stereocenters. The van der Waals surface area contributed by atoms with Crippen LogP contribution in [0, 0.1) is 0 Å². The molecule has 0 bridgehead atoms. The summed E-state index contributed by atoms with van der Waals surface area (Å²) in [6, 6.07) is 10.4. The Morgan fingerprint density at radius 1 is 1.33 bits per heavy atom. The summed E-state index contributed by atoms with van der Waals surface area (Å²) >= 11 is 1.80. The zero-order valence-electron chi connectivity index (χ0n) is 8.42. The van der Waals surface area contributed by atoms with Gasteiger partial charge in [-0.15, -0.1) is 22.0 Å². The molecule has 2 aromatic rings. The summed E-state index contributed by atoms with van der Waals surface area (Å²) in [6.45, 7) is 2.08. The van der Waals surface area contributed by atoms with Crippen LogP contribution in [0.1, 0.15) is 23.6 Å². The van der Waals surface area contributed by atoms with Crippen LogP contribution in [0.15, 0.2) is 30.3 Å². The Balaban J connectivity index is 1.89. The third-order valence-electron chi connectivity index (χ3n) is 2.07. The lowest BCUT2D eigenvalue weighted by molar-refractivity contribution is 0.881. The van der Waals surface area contributed by atoms with Crippen LogP contribution in [-0.2, 0) is 5.75 Å². The Kier molecular flexibility index (Phi) is 3.34. The van der Waals surface area contributed by atoms with Gasteiger partial charge in [-0.2, -0.15) is 5.21 Å². The lowest BCUT2D eigenvalue weighted by Crippen LogP contribution is -1.92. The van der Waals surface area contributed by atoms with Crippen molar-refractivity contribution in [2.75, 3.05) is 0 Å².